The lowest BCUT2D eigenvalue weighted by atomic mass is 9.90. The van der Waals surface area contributed by atoms with Crippen molar-refractivity contribution in [3.63, 3.8) is 0 Å². The highest BCUT2D eigenvalue weighted by atomic mass is 79.9. The van der Waals surface area contributed by atoms with Crippen molar-refractivity contribution in [2.24, 2.45) is 0 Å². The first-order valence-electron chi connectivity index (χ1n) is 15.4. The third kappa shape index (κ3) is 5.20. The van der Waals surface area contributed by atoms with Crippen molar-refractivity contribution in [1.82, 2.24) is 4.57 Å². The van der Waals surface area contributed by atoms with Gasteiger partial charge in [0.1, 0.15) is 0 Å². The Balaban J connectivity index is 1.24. The topological polar surface area (TPSA) is 8.17 Å². The van der Waals surface area contributed by atoms with Crippen LogP contribution in [-0.4, -0.2) is 4.57 Å². The number of aryl methyl sites for hydroxylation is 1. The Hall–Kier alpha value is -5.12. The second-order valence-corrected chi connectivity index (χ2v) is 12.4. The third-order valence-electron chi connectivity index (χ3n) is 8.75. The molecule has 0 unspecified atom stereocenters. The summed E-state index contributed by atoms with van der Waals surface area (Å²) in [5, 5.41) is 1.34. The Morgan fingerprint density at radius 3 is 1.89 bits per heavy atom. The van der Waals surface area contributed by atoms with Gasteiger partial charge in [-0.05, 0) is 107 Å². The molecular weight excluding hydrogens is 612 g/mol. The van der Waals surface area contributed by atoms with Crippen LogP contribution in [0.4, 0.5) is 17.1 Å². The Bertz CT molecular complexity index is 2150. The summed E-state index contributed by atoms with van der Waals surface area (Å²) >= 11 is 3.89. The predicted molar refractivity (Wildman–Crippen MR) is 194 cm³/mol. The molecule has 1 aliphatic rings. The molecule has 0 saturated heterocycles. The lowest BCUT2D eigenvalue weighted by molar-refractivity contribution is 0.980. The van der Waals surface area contributed by atoms with E-state index in [2.05, 4.69) is 189 Å². The van der Waals surface area contributed by atoms with E-state index in [0.717, 1.165) is 34.4 Å². The molecule has 0 bridgehead atoms. The van der Waals surface area contributed by atoms with Gasteiger partial charge in [-0.2, -0.15) is 0 Å². The zero-order valence-electron chi connectivity index (χ0n) is 24.8. The van der Waals surface area contributed by atoms with Gasteiger partial charge in [-0.3, -0.25) is 0 Å². The van der Waals surface area contributed by atoms with Crippen molar-refractivity contribution < 1.29 is 0 Å². The van der Waals surface area contributed by atoms with E-state index in [1.807, 2.05) is 0 Å². The fourth-order valence-electron chi connectivity index (χ4n) is 6.67. The van der Waals surface area contributed by atoms with Crippen LogP contribution in [0.15, 0.2) is 162 Å². The fourth-order valence-corrected chi connectivity index (χ4v) is 7.15. The Kier molecular flexibility index (Phi) is 7.17. The highest BCUT2D eigenvalue weighted by Gasteiger charge is 2.22. The van der Waals surface area contributed by atoms with Crippen molar-refractivity contribution in [3.05, 3.63) is 179 Å². The summed E-state index contributed by atoms with van der Waals surface area (Å²) in [4.78, 5) is 2.35. The standard InChI is InChI=1S/C42H31BrN2/c43-34-26-33(32-22-25-40-39-18-10-11-19-41(39)45(42(40)28-32)36-16-8-3-9-17-36)27-38(29-34)44(35-14-6-2-7-15-35)37-23-20-31(21-24-37)30-12-4-1-5-13-30/h1-21,23-24,26-29H,22,25H2. The van der Waals surface area contributed by atoms with Gasteiger partial charge in [-0.15, -0.1) is 0 Å². The minimum absolute atomic E-state index is 0.989. The van der Waals surface area contributed by atoms with Crippen LogP contribution in [0.1, 0.15) is 23.2 Å². The first-order chi connectivity index (χ1) is 22.2. The molecule has 0 amide bonds. The summed E-state index contributed by atoms with van der Waals surface area (Å²) < 4.78 is 3.49. The molecule has 216 valence electrons. The molecule has 2 nitrogen and oxygen atoms in total. The van der Waals surface area contributed by atoms with Gasteiger partial charge in [-0.1, -0.05) is 113 Å². The minimum atomic E-state index is 0.989. The number of hydrogen-bond donors (Lipinski definition) is 0. The molecule has 0 radical (unpaired) electrons. The maximum atomic E-state index is 3.89. The van der Waals surface area contributed by atoms with Crippen LogP contribution in [-0.2, 0) is 6.42 Å². The van der Waals surface area contributed by atoms with Crippen LogP contribution >= 0.6 is 15.9 Å². The summed E-state index contributed by atoms with van der Waals surface area (Å²) in [6.45, 7) is 0. The van der Waals surface area contributed by atoms with Gasteiger partial charge in [0, 0.05) is 32.6 Å². The molecule has 7 aromatic rings. The highest BCUT2D eigenvalue weighted by molar-refractivity contribution is 9.10. The van der Waals surface area contributed by atoms with Crippen LogP contribution in [0.5, 0.6) is 0 Å². The quantitative estimate of drug-likeness (QED) is 0.175. The average Bonchev–Trinajstić information content (AvgIpc) is 3.43. The minimum Gasteiger partial charge on any atom is -0.310 e. The Labute approximate surface area is 272 Å². The summed E-state index contributed by atoms with van der Waals surface area (Å²) in [7, 11) is 0. The number of para-hydroxylation sites is 3. The van der Waals surface area contributed by atoms with E-state index in [-0.39, 0.29) is 0 Å². The molecule has 6 aromatic carbocycles. The van der Waals surface area contributed by atoms with E-state index in [4.69, 9.17) is 0 Å². The summed E-state index contributed by atoms with van der Waals surface area (Å²) in [6.07, 6.45) is 4.41. The molecule has 1 aromatic heterocycles. The van der Waals surface area contributed by atoms with Crippen molar-refractivity contribution in [3.8, 4) is 16.8 Å². The monoisotopic (exact) mass is 642 g/mol. The molecule has 0 N–H and O–H groups in total. The third-order valence-corrected chi connectivity index (χ3v) is 9.21. The van der Waals surface area contributed by atoms with Crippen LogP contribution in [0.25, 0.3) is 39.4 Å². The molecule has 1 aliphatic carbocycles. The fraction of sp³-hybridized carbons (Fsp3) is 0.0476. The maximum Gasteiger partial charge on any atom is 0.0537 e. The van der Waals surface area contributed by atoms with E-state index < -0.39 is 0 Å². The van der Waals surface area contributed by atoms with Gasteiger partial charge in [0.25, 0.3) is 0 Å². The van der Waals surface area contributed by atoms with Crippen molar-refractivity contribution >= 4 is 55.5 Å². The summed E-state index contributed by atoms with van der Waals surface area (Å²) in [5.74, 6) is 0. The molecule has 3 heteroatoms. The molecule has 0 aliphatic heterocycles. The van der Waals surface area contributed by atoms with Crippen LogP contribution < -0.4 is 4.90 Å². The van der Waals surface area contributed by atoms with Crippen LogP contribution in [0.2, 0.25) is 0 Å². The number of allylic oxidation sites excluding steroid dienone is 1. The van der Waals surface area contributed by atoms with E-state index in [9.17, 15) is 0 Å². The van der Waals surface area contributed by atoms with Crippen molar-refractivity contribution in [2.45, 2.75) is 12.8 Å². The number of fused-ring (bicyclic) bond motifs is 3. The predicted octanol–water partition coefficient (Wildman–Crippen LogP) is 12.0. The second-order valence-electron chi connectivity index (χ2n) is 11.5. The second kappa shape index (κ2) is 11.8. The average molecular weight is 644 g/mol. The number of halogens is 1. The van der Waals surface area contributed by atoms with E-state index in [1.165, 1.54) is 50.1 Å². The largest absolute Gasteiger partial charge is 0.310 e. The number of rotatable bonds is 6. The lowest BCUT2D eigenvalue weighted by Gasteiger charge is -2.27. The SMILES string of the molecule is Brc1cc(C2=Cc3c(c4ccccc4n3-c3ccccc3)CC2)cc(N(c2ccccc2)c2ccc(-c3ccccc3)cc2)c1. The molecule has 8 rings (SSSR count). The molecule has 0 saturated carbocycles. The number of benzene rings is 6. The van der Waals surface area contributed by atoms with Gasteiger partial charge in [0.15, 0.2) is 0 Å². The van der Waals surface area contributed by atoms with Crippen molar-refractivity contribution in [1.29, 1.82) is 0 Å². The Morgan fingerprint density at radius 2 is 1.13 bits per heavy atom. The van der Waals surface area contributed by atoms with Crippen LogP contribution in [0, 0.1) is 0 Å². The molecule has 1 heterocycles. The zero-order chi connectivity index (χ0) is 30.2. The lowest BCUT2D eigenvalue weighted by Crippen LogP contribution is -2.10. The molecule has 0 atom stereocenters. The number of aromatic nitrogens is 1. The highest BCUT2D eigenvalue weighted by Crippen LogP contribution is 2.42. The number of hydrogen-bond acceptors (Lipinski definition) is 1. The van der Waals surface area contributed by atoms with Gasteiger partial charge < -0.3 is 9.47 Å². The molecule has 0 spiro atoms. The summed E-state index contributed by atoms with van der Waals surface area (Å²) in [5.41, 5.74) is 13.5. The summed E-state index contributed by atoms with van der Waals surface area (Å²) in [6, 6.07) is 56.4. The van der Waals surface area contributed by atoms with E-state index in [1.54, 1.807) is 0 Å². The Morgan fingerprint density at radius 1 is 0.511 bits per heavy atom. The zero-order valence-corrected chi connectivity index (χ0v) is 26.4. The normalized spacial score (nSPS) is 12.5. The van der Waals surface area contributed by atoms with Crippen LogP contribution in [0.3, 0.4) is 0 Å². The molecule has 0 fully saturated rings. The van der Waals surface area contributed by atoms with Gasteiger partial charge in [-0.25, -0.2) is 0 Å². The molecule has 45 heavy (non-hydrogen) atoms. The van der Waals surface area contributed by atoms with Crippen molar-refractivity contribution in [2.75, 3.05) is 4.90 Å². The number of nitrogens with zero attached hydrogens (tertiary/aromatic N) is 2. The first kappa shape index (κ1) is 27.4. The number of anilines is 3. The maximum absolute atomic E-state index is 3.89. The smallest absolute Gasteiger partial charge is 0.0537 e. The first-order valence-corrected chi connectivity index (χ1v) is 16.2. The van der Waals surface area contributed by atoms with E-state index in [0.29, 0.717) is 0 Å². The van der Waals surface area contributed by atoms with E-state index >= 15 is 0 Å². The van der Waals surface area contributed by atoms with Gasteiger partial charge >= 0.3 is 0 Å². The molecular formula is C42H31BrN2. The van der Waals surface area contributed by atoms with Gasteiger partial charge in [0.2, 0.25) is 0 Å². The van der Waals surface area contributed by atoms with Gasteiger partial charge in [0.05, 0.1) is 11.2 Å².